The molecule has 0 bridgehead atoms. The van der Waals surface area contributed by atoms with Crippen molar-refractivity contribution in [2.45, 2.75) is 70.6 Å². The topological polar surface area (TPSA) is 132 Å². The predicted molar refractivity (Wildman–Crippen MR) is 143 cm³/mol. The van der Waals surface area contributed by atoms with E-state index in [0.29, 0.717) is 54.6 Å². The molecule has 2 fully saturated rings. The second-order valence-corrected chi connectivity index (χ2v) is 10.2. The van der Waals surface area contributed by atoms with E-state index in [1.807, 2.05) is 13.0 Å². The first-order chi connectivity index (χ1) is 18.3. The Morgan fingerprint density at radius 2 is 1.89 bits per heavy atom. The van der Waals surface area contributed by atoms with E-state index in [0.717, 1.165) is 43.2 Å². The van der Waals surface area contributed by atoms with E-state index in [1.54, 1.807) is 34.1 Å². The van der Waals surface area contributed by atoms with Crippen molar-refractivity contribution in [3.63, 3.8) is 0 Å². The number of methoxy groups -OCH3 is 1. The maximum Gasteiger partial charge on any atom is 0.410 e. The van der Waals surface area contributed by atoms with Crippen LogP contribution in [-0.2, 0) is 17.7 Å². The number of nitrogens with zero attached hydrogens (tertiary/aromatic N) is 3. The Bertz CT molecular complexity index is 1270. The molecule has 1 atom stereocenters. The number of benzene rings is 1. The minimum atomic E-state index is -0.395. The highest BCUT2D eigenvalue weighted by Crippen LogP contribution is 2.30. The van der Waals surface area contributed by atoms with Gasteiger partial charge in [-0.1, -0.05) is 6.07 Å². The van der Waals surface area contributed by atoms with E-state index in [9.17, 15) is 9.59 Å². The molecule has 2 aliphatic heterocycles. The van der Waals surface area contributed by atoms with Gasteiger partial charge in [-0.2, -0.15) is 0 Å². The zero-order valence-electron chi connectivity index (χ0n) is 21.9. The molecule has 10 nitrogen and oxygen atoms in total. The second-order valence-electron chi connectivity index (χ2n) is 10.2. The van der Waals surface area contributed by atoms with Crippen LogP contribution in [0, 0.1) is 10.8 Å². The number of rotatable bonds is 5. The Labute approximate surface area is 222 Å². The van der Waals surface area contributed by atoms with Crippen LogP contribution in [0.1, 0.15) is 72.6 Å². The fourth-order valence-electron chi connectivity index (χ4n) is 5.47. The van der Waals surface area contributed by atoms with E-state index < -0.39 is 5.91 Å². The smallest absolute Gasteiger partial charge is 0.410 e. The number of hydrogen-bond donors (Lipinski definition) is 3. The number of carbonyl (C=O) groups is 2. The molecular formula is C28H34N6O4. The van der Waals surface area contributed by atoms with Gasteiger partial charge in [0.1, 0.15) is 29.2 Å². The van der Waals surface area contributed by atoms with Gasteiger partial charge >= 0.3 is 6.09 Å². The van der Waals surface area contributed by atoms with Crippen LogP contribution in [0.5, 0.6) is 5.75 Å². The summed E-state index contributed by atoms with van der Waals surface area (Å²) in [6.07, 6.45) is 5.86. The molecular weight excluding hydrogens is 484 g/mol. The third-order valence-corrected chi connectivity index (χ3v) is 7.61. The molecule has 3 N–H and O–H groups in total. The van der Waals surface area contributed by atoms with Crippen molar-refractivity contribution >= 4 is 29.5 Å². The van der Waals surface area contributed by atoms with Gasteiger partial charge in [0.2, 0.25) is 0 Å². The molecule has 1 saturated carbocycles. The highest BCUT2D eigenvalue weighted by atomic mass is 16.6. The molecule has 200 valence electrons. The number of likely N-dealkylation sites (tertiary alicyclic amines) is 1. The number of aromatic nitrogens is 1. The fourth-order valence-corrected chi connectivity index (χ4v) is 5.47. The molecule has 2 aromatic rings. The normalized spacial score (nSPS) is 19.3. The van der Waals surface area contributed by atoms with Crippen molar-refractivity contribution in [3.05, 3.63) is 52.7 Å². The molecule has 2 amide bonds. The lowest BCUT2D eigenvalue weighted by Crippen LogP contribution is -2.38. The Hall–Kier alpha value is -3.95. The summed E-state index contributed by atoms with van der Waals surface area (Å²) in [4.78, 5) is 33.9. The van der Waals surface area contributed by atoms with Gasteiger partial charge in [0.25, 0.3) is 5.91 Å². The molecule has 10 heteroatoms. The summed E-state index contributed by atoms with van der Waals surface area (Å²) in [6.45, 7) is 2.92. The van der Waals surface area contributed by atoms with Crippen LogP contribution in [0.3, 0.4) is 0 Å². The molecule has 3 heterocycles. The summed E-state index contributed by atoms with van der Waals surface area (Å²) in [7, 11) is 1.53. The van der Waals surface area contributed by atoms with Gasteiger partial charge < -0.3 is 24.6 Å². The molecule has 1 aliphatic carbocycles. The van der Waals surface area contributed by atoms with E-state index in [-0.39, 0.29) is 24.1 Å². The van der Waals surface area contributed by atoms with E-state index in [2.05, 4.69) is 10.3 Å². The number of amidine groups is 2. The third kappa shape index (κ3) is 5.20. The van der Waals surface area contributed by atoms with Crippen LogP contribution < -0.4 is 10.1 Å². The maximum atomic E-state index is 13.3. The number of pyridine rings is 1. The van der Waals surface area contributed by atoms with Crippen molar-refractivity contribution in [2.24, 2.45) is 0 Å². The first kappa shape index (κ1) is 25.7. The van der Waals surface area contributed by atoms with Crippen molar-refractivity contribution < 1.29 is 19.1 Å². The van der Waals surface area contributed by atoms with Gasteiger partial charge in [0.05, 0.1) is 12.7 Å². The van der Waals surface area contributed by atoms with Gasteiger partial charge in [0, 0.05) is 25.6 Å². The zero-order chi connectivity index (χ0) is 26.8. The van der Waals surface area contributed by atoms with Crippen molar-refractivity contribution in [1.82, 2.24) is 14.8 Å². The zero-order valence-corrected chi connectivity index (χ0v) is 21.9. The third-order valence-electron chi connectivity index (χ3n) is 7.61. The van der Waals surface area contributed by atoms with Gasteiger partial charge in [-0.3, -0.25) is 15.6 Å². The monoisotopic (exact) mass is 518 g/mol. The molecule has 5 rings (SSSR count). The van der Waals surface area contributed by atoms with Gasteiger partial charge in [-0.25, -0.2) is 9.78 Å². The summed E-state index contributed by atoms with van der Waals surface area (Å²) in [5.74, 6) is 0.906. The number of amides is 2. The molecule has 1 unspecified atom stereocenters. The average Bonchev–Trinajstić information content (AvgIpc) is 3.56. The van der Waals surface area contributed by atoms with Crippen LogP contribution in [0.4, 0.5) is 10.6 Å². The number of hydrogen-bond acceptors (Lipinski definition) is 7. The highest BCUT2D eigenvalue weighted by Gasteiger charge is 2.30. The van der Waals surface area contributed by atoms with E-state index in [4.69, 9.17) is 20.3 Å². The van der Waals surface area contributed by atoms with Crippen LogP contribution in [-0.4, -0.2) is 64.3 Å². The maximum absolute atomic E-state index is 13.3. The molecule has 1 aromatic carbocycles. The Morgan fingerprint density at radius 3 is 2.61 bits per heavy atom. The van der Waals surface area contributed by atoms with E-state index in [1.165, 1.54) is 7.11 Å². The van der Waals surface area contributed by atoms with E-state index >= 15 is 0 Å². The fraction of sp³-hybridized carbons (Fsp3) is 0.464. The summed E-state index contributed by atoms with van der Waals surface area (Å²) < 4.78 is 11.2. The number of anilines is 1. The number of carbonyl (C=O) groups excluding carboxylic acids is 2. The molecule has 3 aliphatic rings. The van der Waals surface area contributed by atoms with Crippen molar-refractivity contribution in [1.29, 1.82) is 10.8 Å². The SMILES string of the molecule is COc1cc2c(cc1C(=O)Nc1cccc(C(=N)N3C(=N)CCC3C)n1)CN(C(=O)OC1CCCC1)CC2. The summed E-state index contributed by atoms with van der Waals surface area (Å²) in [5.41, 5.74) is 2.65. The molecule has 0 radical (unpaired) electrons. The first-order valence-corrected chi connectivity index (χ1v) is 13.2. The lowest BCUT2D eigenvalue weighted by molar-refractivity contribution is 0.0618. The lowest BCUT2D eigenvalue weighted by Gasteiger charge is -2.30. The number of nitrogens with one attached hydrogen (secondary N) is 3. The Morgan fingerprint density at radius 1 is 1.11 bits per heavy atom. The quantitative estimate of drug-likeness (QED) is 0.393. The van der Waals surface area contributed by atoms with Gasteiger partial charge in [-0.05, 0) is 80.8 Å². The molecule has 1 aromatic heterocycles. The first-order valence-electron chi connectivity index (χ1n) is 13.2. The average molecular weight is 519 g/mol. The number of fused-ring (bicyclic) bond motifs is 1. The Kier molecular flexibility index (Phi) is 7.31. The minimum Gasteiger partial charge on any atom is -0.496 e. The van der Waals surface area contributed by atoms with Crippen molar-refractivity contribution in [3.8, 4) is 5.75 Å². The molecule has 38 heavy (non-hydrogen) atoms. The van der Waals surface area contributed by atoms with Crippen LogP contribution in [0.2, 0.25) is 0 Å². The van der Waals surface area contributed by atoms with Crippen molar-refractivity contribution in [2.75, 3.05) is 19.0 Å². The molecule has 0 spiro atoms. The summed E-state index contributed by atoms with van der Waals surface area (Å²) >= 11 is 0. The highest BCUT2D eigenvalue weighted by molar-refractivity contribution is 6.08. The lowest BCUT2D eigenvalue weighted by atomic mass is 9.96. The molecule has 1 saturated heterocycles. The Balaban J connectivity index is 1.32. The summed E-state index contributed by atoms with van der Waals surface area (Å²) in [6, 6.07) is 8.80. The number of ether oxygens (including phenoxy) is 2. The minimum absolute atomic E-state index is 0.00474. The second kappa shape index (κ2) is 10.8. The van der Waals surface area contributed by atoms with Gasteiger partial charge in [-0.15, -0.1) is 0 Å². The van der Waals surface area contributed by atoms with Crippen LogP contribution in [0.25, 0.3) is 0 Å². The van der Waals surface area contributed by atoms with Crippen LogP contribution >= 0.6 is 0 Å². The summed E-state index contributed by atoms with van der Waals surface area (Å²) in [5, 5.41) is 19.6. The largest absolute Gasteiger partial charge is 0.496 e. The van der Waals surface area contributed by atoms with Crippen LogP contribution in [0.15, 0.2) is 30.3 Å². The van der Waals surface area contributed by atoms with Gasteiger partial charge in [0.15, 0.2) is 5.84 Å². The predicted octanol–water partition coefficient (Wildman–Crippen LogP) is 4.57. The standard InChI is InChI=1S/C28H34N6O4/c1-17-10-11-24(29)34(17)26(30)22-8-5-9-25(31-22)32-27(35)21-14-19-16-33(13-12-18(19)15-23(21)37-2)28(36)38-20-6-3-4-7-20/h5,8-9,14-15,17,20,29-30H,3-4,6-7,10-13,16H2,1-2H3,(H,31,32,35).